The summed E-state index contributed by atoms with van der Waals surface area (Å²) in [6, 6.07) is 9.59. The number of amides is 1. The standard InChI is InChI=1S/C23H24FNO6/c1-29-12-6-11-25-20(15-7-4-5-8-17(15)30-2)19(22(27)23(25)28)21(26)16-13-14(24)9-10-18(16)31-3/h4-5,7-10,13,20,26H,6,11-12H2,1-3H3/b21-19+. The fourth-order valence-electron chi connectivity index (χ4n) is 3.72. The minimum Gasteiger partial charge on any atom is -0.507 e. The Labute approximate surface area is 179 Å². The van der Waals surface area contributed by atoms with E-state index in [4.69, 9.17) is 14.2 Å². The van der Waals surface area contributed by atoms with Gasteiger partial charge in [0.25, 0.3) is 11.7 Å². The van der Waals surface area contributed by atoms with E-state index in [-0.39, 0.29) is 23.4 Å². The number of rotatable bonds is 8. The molecule has 1 N–H and O–H groups in total. The molecular weight excluding hydrogens is 405 g/mol. The van der Waals surface area contributed by atoms with Crippen molar-refractivity contribution in [2.75, 3.05) is 34.5 Å². The lowest BCUT2D eigenvalue weighted by Gasteiger charge is -2.26. The fourth-order valence-corrected chi connectivity index (χ4v) is 3.72. The van der Waals surface area contributed by atoms with E-state index >= 15 is 0 Å². The van der Waals surface area contributed by atoms with Crippen molar-refractivity contribution in [2.24, 2.45) is 0 Å². The van der Waals surface area contributed by atoms with Gasteiger partial charge in [0, 0.05) is 25.8 Å². The van der Waals surface area contributed by atoms with Gasteiger partial charge in [0.1, 0.15) is 23.1 Å². The van der Waals surface area contributed by atoms with Gasteiger partial charge in [0.05, 0.1) is 31.4 Å². The number of hydrogen-bond acceptors (Lipinski definition) is 6. The molecule has 0 radical (unpaired) electrons. The molecule has 0 bridgehead atoms. The van der Waals surface area contributed by atoms with Crippen LogP contribution in [0.15, 0.2) is 48.0 Å². The first-order valence-corrected chi connectivity index (χ1v) is 9.68. The molecule has 1 saturated heterocycles. The number of carbonyl (C=O) groups is 2. The molecule has 1 amide bonds. The van der Waals surface area contributed by atoms with Gasteiger partial charge in [-0.05, 0) is 30.7 Å². The maximum absolute atomic E-state index is 13.9. The highest BCUT2D eigenvalue weighted by Gasteiger charge is 2.47. The molecule has 1 unspecified atom stereocenters. The van der Waals surface area contributed by atoms with E-state index < -0.39 is 29.3 Å². The van der Waals surface area contributed by atoms with Crippen molar-refractivity contribution in [3.05, 3.63) is 65.0 Å². The van der Waals surface area contributed by atoms with Crippen LogP contribution in [-0.2, 0) is 14.3 Å². The second kappa shape index (κ2) is 9.61. The zero-order chi connectivity index (χ0) is 22.5. The van der Waals surface area contributed by atoms with Crippen molar-refractivity contribution in [3.8, 4) is 11.5 Å². The largest absolute Gasteiger partial charge is 0.507 e. The summed E-state index contributed by atoms with van der Waals surface area (Å²) in [5, 5.41) is 11.1. The molecule has 0 spiro atoms. The Morgan fingerprint density at radius 2 is 1.77 bits per heavy atom. The van der Waals surface area contributed by atoms with Crippen LogP contribution in [0, 0.1) is 5.82 Å². The minimum atomic E-state index is -0.916. The van der Waals surface area contributed by atoms with Crippen molar-refractivity contribution in [3.63, 3.8) is 0 Å². The lowest BCUT2D eigenvalue weighted by Crippen LogP contribution is -2.31. The van der Waals surface area contributed by atoms with Crippen LogP contribution >= 0.6 is 0 Å². The number of nitrogens with zero attached hydrogens (tertiary/aromatic N) is 1. The van der Waals surface area contributed by atoms with Crippen LogP contribution in [0.5, 0.6) is 11.5 Å². The number of hydrogen-bond donors (Lipinski definition) is 1. The Kier molecular flexibility index (Phi) is 6.91. The van der Waals surface area contributed by atoms with Gasteiger partial charge in [0.2, 0.25) is 0 Å². The summed E-state index contributed by atoms with van der Waals surface area (Å²) in [6.07, 6.45) is 0.485. The first-order chi connectivity index (χ1) is 14.9. The number of para-hydroxylation sites is 1. The van der Waals surface area contributed by atoms with Crippen molar-refractivity contribution in [2.45, 2.75) is 12.5 Å². The molecule has 1 aliphatic heterocycles. The van der Waals surface area contributed by atoms with E-state index in [2.05, 4.69) is 0 Å². The SMILES string of the molecule is COCCCN1C(=O)C(=O)/C(=C(/O)c2cc(F)ccc2OC)C1c1ccccc1OC. The number of methoxy groups -OCH3 is 3. The van der Waals surface area contributed by atoms with Crippen LogP contribution in [0.1, 0.15) is 23.6 Å². The molecule has 0 saturated carbocycles. The van der Waals surface area contributed by atoms with E-state index in [0.29, 0.717) is 24.3 Å². The second-order valence-corrected chi connectivity index (χ2v) is 6.93. The van der Waals surface area contributed by atoms with Crippen LogP contribution in [0.25, 0.3) is 5.76 Å². The minimum absolute atomic E-state index is 0.0164. The zero-order valence-electron chi connectivity index (χ0n) is 17.6. The van der Waals surface area contributed by atoms with E-state index in [1.165, 1.54) is 31.3 Å². The van der Waals surface area contributed by atoms with Crippen LogP contribution in [0.4, 0.5) is 4.39 Å². The number of aliphatic hydroxyl groups excluding tert-OH is 1. The number of halogens is 1. The van der Waals surface area contributed by atoms with Gasteiger partial charge in [-0.25, -0.2) is 4.39 Å². The highest BCUT2D eigenvalue weighted by molar-refractivity contribution is 6.46. The number of ketones is 1. The van der Waals surface area contributed by atoms with Crippen molar-refractivity contribution < 1.29 is 33.3 Å². The van der Waals surface area contributed by atoms with Crippen molar-refractivity contribution >= 4 is 17.4 Å². The molecule has 2 aromatic carbocycles. The lowest BCUT2D eigenvalue weighted by molar-refractivity contribution is -0.140. The highest BCUT2D eigenvalue weighted by atomic mass is 19.1. The van der Waals surface area contributed by atoms with E-state index in [1.807, 2.05) is 0 Å². The maximum Gasteiger partial charge on any atom is 0.295 e. The van der Waals surface area contributed by atoms with Gasteiger partial charge >= 0.3 is 0 Å². The Morgan fingerprint density at radius 1 is 1.06 bits per heavy atom. The molecule has 164 valence electrons. The Bertz CT molecular complexity index is 1020. The monoisotopic (exact) mass is 429 g/mol. The third-order valence-corrected chi connectivity index (χ3v) is 5.14. The van der Waals surface area contributed by atoms with E-state index in [9.17, 15) is 19.1 Å². The fraction of sp³-hybridized carbons (Fsp3) is 0.304. The molecule has 8 heteroatoms. The molecule has 1 heterocycles. The summed E-state index contributed by atoms with van der Waals surface area (Å²) >= 11 is 0. The number of ether oxygens (including phenoxy) is 3. The summed E-state index contributed by atoms with van der Waals surface area (Å²) in [4.78, 5) is 27.3. The molecule has 1 fully saturated rings. The van der Waals surface area contributed by atoms with Gasteiger partial charge < -0.3 is 24.2 Å². The highest BCUT2D eigenvalue weighted by Crippen LogP contribution is 2.43. The molecule has 1 atom stereocenters. The molecular formula is C23H24FNO6. The molecule has 3 rings (SSSR count). The van der Waals surface area contributed by atoms with Crippen molar-refractivity contribution in [1.29, 1.82) is 0 Å². The summed E-state index contributed by atoms with van der Waals surface area (Å²) in [5.41, 5.74) is 0.353. The summed E-state index contributed by atoms with van der Waals surface area (Å²) in [6.45, 7) is 0.609. The topological polar surface area (TPSA) is 85.3 Å². The first-order valence-electron chi connectivity index (χ1n) is 9.68. The summed E-state index contributed by atoms with van der Waals surface area (Å²) in [5.74, 6) is -2.14. The smallest absolute Gasteiger partial charge is 0.295 e. The predicted molar refractivity (Wildman–Crippen MR) is 111 cm³/mol. The normalized spacial score (nSPS) is 17.8. The predicted octanol–water partition coefficient (Wildman–Crippen LogP) is 3.30. The number of carbonyl (C=O) groups excluding carboxylic acids is 2. The van der Waals surface area contributed by atoms with Gasteiger partial charge in [-0.15, -0.1) is 0 Å². The molecule has 31 heavy (non-hydrogen) atoms. The van der Waals surface area contributed by atoms with Gasteiger partial charge in [-0.2, -0.15) is 0 Å². The number of aliphatic hydroxyl groups is 1. The number of Topliss-reactive ketones (excluding diaryl/α,β-unsaturated/α-hetero) is 1. The summed E-state index contributed by atoms with van der Waals surface area (Å²) < 4.78 is 29.7. The van der Waals surface area contributed by atoms with Crippen LogP contribution in [-0.4, -0.2) is 56.2 Å². The Hall–Kier alpha value is -3.39. The molecule has 0 aromatic heterocycles. The third kappa shape index (κ3) is 4.25. The van der Waals surface area contributed by atoms with Crippen LogP contribution in [0.3, 0.4) is 0 Å². The number of benzene rings is 2. The van der Waals surface area contributed by atoms with Gasteiger partial charge in [0.15, 0.2) is 0 Å². The maximum atomic E-state index is 13.9. The molecule has 0 aliphatic carbocycles. The van der Waals surface area contributed by atoms with Gasteiger partial charge in [-0.1, -0.05) is 18.2 Å². The first kappa shape index (κ1) is 22.3. The average molecular weight is 429 g/mol. The lowest BCUT2D eigenvalue weighted by atomic mass is 9.94. The van der Waals surface area contributed by atoms with Crippen molar-refractivity contribution in [1.82, 2.24) is 4.90 Å². The quantitative estimate of drug-likeness (QED) is 0.300. The molecule has 1 aliphatic rings. The molecule has 2 aromatic rings. The zero-order valence-corrected chi connectivity index (χ0v) is 17.6. The van der Waals surface area contributed by atoms with Gasteiger partial charge in [-0.3, -0.25) is 9.59 Å². The van der Waals surface area contributed by atoms with Crippen LogP contribution < -0.4 is 9.47 Å². The Morgan fingerprint density at radius 3 is 2.45 bits per heavy atom. The number of likely N-dealkylation sites (tertiary alicyclic amines) is 1. The van der Waals surface area contributed by atoms with E-state index in [0.717, 1.165) is 6.07 Å². The van der Waals surface area contributed by atoms with E-state index in [1.54, 1.807) is 31.4 Å². The average Bonchev–Trinajstić information content (AvgIpc) is 3.03. The summed E-state index contributed by atoms with van der Waals surface area (Å²) in [7, 11) is 4.39. The third-order valence-electron chi connectivity index (χ3n) is 5.14. The Balaban J connectivity index is 2.23. The van der Waals surface area contributed by atoms with Crippen LogP contribution in [0.2, 0.25) is 0 Å². The second-order valence-electron chi connectivity index (χ2n) is 6.93. The molecule has 7 nitrogen and oxygen atoms in total.